The van der Waals surface area contributed by atoms with Gasteiger partial charge in [0.15, 0.2) is 0 Å². The van der Waals surface area contributed by atoms with Gasteiger partial charge in [-0.1, -0.05) is 6.92 Å². The van der Waals surface area contributed by atoms with E-state index in [0.717, 1.165) is 50.9 Å². The smallest absolute Gasteiger partial charge is 0.123 e. The fraction of sp³-hybridized carbons (Fsp3) is 0.714. The van der Waals surface area contributed by atoms with Crippen LogP contribution in [0.5, 0.6) is 0 Å². The van der Waals surface area contributed by atoms with Crippen molar-refractivity contribution >= 4 is 6.29 Å². The van der Waals surface area contributed by atoms with E-state index >= 15 is 0 Å². The number of hydrogen-bond donors (Lipinski definition) is 0. The predicted octanol–water partition coefficient (Wildman–Crippen LogP) is 2.27. The number of nitrogens with zero attached hydrogens (tertiary/aromatic N) is 3. The second-order valence-electron chi connectivity index (χ2n) is 5.29. The summed E-state index contributed by atoms with van der Waals surface area (Å²) < 4.78 is 2.05. The zero-order valence-corrected chi connectivity index (χ0v) is 11.4. The van der Waals surface area contributed by atoms with Crippen molar-refractivity contribution in [1.82, 2.24) is 14.7 Å². The minimum Gasteiger partial charge on any atom is -0.303 e. The van der Waals surface area contributed by atoms with Gasteiger partial charge in [0, 0.05) is 24.7 Å². The largest absolute Gasteiger partial charge is 0.303 e. The normalized spacial score (nSPS) is 19.9. The number of likely N-dealkylation sites (tertiary alicyclic amines) is 1. The van der Waals surface area contributed by atoms with Gasteiger partial charge in [-0.3, -0.25) is 9.58 Å². The third-order valence-corrected chi connectivity index (χ3v) is 3.92. The molecule has 1 aliphatic heterocycles. The number of carbonyl (C=O) groups excluding carboxylic acids is 1. The van der Waals surface area contributed by atoms with Gasteiger partial charge in [0.2, 0.25) is 0 Å². The minimum absolute atomic E-state index is 0.277. The Morgan fingerprint density at radius 2 is 2.22 bits per heavy atom. The summed E-state index contributed by atoms with van der Waals surface area (Å²) in [5.41, 5.74) is 1.14. The summed E-state index contributed by atoms with van der Waals surface area (Å²) in [5, 5.41) is 4.62. The Hall–Kier alpha value is -1.16. The van der Waals surface area contributed by atoms with E-state index in [2.05, 4.69) is 36.1 Å². The first-order chi connectivity index (χ1) is 8.72. The lowest BCUT2D eigenvalue weighted by Crippen LogP contribution is -2.33. The van der Waals surface area contributed by atoms with Gasteiger partial charge in [-0.25, -0.2) is 0 Å². The van der Waals surface area contributed by atoms with Crippen molar-refractivity contribution in [3.05, 3.63) is 18.0 Å². The maximum absolute atomic E-state index is 10.7. The average molecular weight is 249 g/mol. The van der Waals surface area contributed by atoms with E-state index < -0.39 is 0 Å². The molecule has 0 aliphatic carbocycles. The molecule has 1 aromatic heterocycles. The van der Waals surface area contributed by atoms with Crippen LogP contribution in [0.4, 0.5) is 0 Å². The molecule has 2 rings (SSSR count). The van der Waals surface area contributed by atoms with E-state index in [1.165, 1.54) is 0 Å². The zero-order valence-electron chi connectivity index (χ0n) is 11.4. The van der Waals surface area contributed by atoms with Crippen LogP contribution in [0.15, 0.2) is 12.3 Å². The van der Waals surface area contributed by atoms with Crippen molar-refractivity contribution in [2.45, 2.75) is 45.7 Å². The molecule has 1 fully saturated rings. The van der Waals surface area contributed by atoms with Crippen LogP contribution in [0.1, 0.15) is 44.8 Å². The molecule has 1 saturated heterocycles. The van der Waals surface area contributed by atoms with Gasteiger partial charge >= 0.3 is 0 Å². The van der Waals surface area contributed by atoms with Gasteiger partial charge in [0.1, 0.15) is 6.29 Å². The molecule has 0 amide bonds. The summed E-state index contributed by atoms with van der Waals surface area (Å²) in [7, 11) is 0. The highest BCUT2D eigenvalue weighted by molar-refractivity contribution is 5.53. The number of rotatable bonds is 5. The van der Waals surface area contributed by atoms with Crippen LogP contribution >= 0.6 is 0 Å². The van der Waals surface area contributed by atoms with Crippen LogP contribution in [0.3, 0.4) is 0 Å². The molecule has 0 spiro atoms. The molecule has 4 nitrogen and oxygen atoms in total. The number of piperidine rings is 1. The second kappa shape index (κ2) is 6.14. The lowest BCUT2D eigenvalue weighted by atomic mass is 9.98. The molecule has 0 radical (unpaired) electrons. The molecule has 4 heteroatoms. The maximum atomic E-state index is 10.7. The fourth-order valence-corrected chi connectivity index (χ4v) is 2.37. The van der Waals surface area contributed by atoms with E-state index in [4.69, 9.17) is 0 Å². The Kier molecular flexibility index (Phi) is 4.53. The molecule has 0 N–H and O–H groups in total. The van der Waals surface area contributed by atoms with E-state index in [0.29, 0.717) is 6.04 Å². The van der Waals surface area contributed by atoms with Crippen LogP contribution in [0.25, 0.3) is 0 Å². The van der Waals surface area contributed by atoms with Crippen LogP contribution in [0, 0.1) is 5.92 Å². The van der Waals surface area contributed by atoms with E-state index in [1.807, 2.05) is 4.68 Å². The Labute approximate surface area is 109 Å². The topological polar surface area (TPSA) is 38.1 Å². The fourth-order valence-electron chi connectivity index (χ4n) is 2.37. The van der Waals surface area contributed by atoms with Gasteiger partial charge in [-0.2, -0.15) is 5.10 Å². The molecule has 1 atom stereocenters. The highest BCUT2D eigenvalue weighted by Gasteiger charge is 2.19. The Bertz CT molecular complexity index is 380. The molecule has 2 heterocycles. The minimum atomic E-state index is 0.277. The van der Waals surface area contributed by atoms with E-state index in [9.17, 15) is 4.79 Å². The standard InChI is InChI=1S/C14H23N3O/c1-3-12(2)17-9-6-14(15-17)10-16-7-4-13(11-18)5-8-16/h6,9,11-13H,3-5,7-8,10H2,1-2H3. The Morgan fingerprint density at radius 3 is 2.83 bits per heavy atom. The molecule has 0 bridgehead atoms. The second-order valence-corrected chi connectivity index (χ2v) is 5.29. The molecule has 100 valence electrons. The van der Waals surface area contributed by atoms with Gasteiger partial charge in [0.05, 0.1) is 5.69 Å². The molecular weight excluding hydrogens is 226 g/mol. The molecule has 1 unspecified atom stereocenters. The summed E-state index contributed by atoms with van der Waals surface area (Å²) in [6.07, 6.45) is 6.27. The first kappa shape index (κ1) is 13.3. The molecular formula is C14H23N3O. The lowest BCUT2D eigenvalue weighted by molar-refractivity contribution is -0.112. The summed E-state index contributed by atoms with van der Waals surface area (Å²) in [4.78, 5) is 13.1. The molecule has 0 saturated carbocycles. The van der Waals surface area contributed by atoms with Gasteiger partial charge < -0.3 is 4.79 Å². The predicted molar refractivity (Wildman–Crippen MR) is 71.3 cm³/mol. The SMILES string of the molecule is CCC(C)n1ccc(CN2CCC(C=O)CC2)n1. The summed E-state index contributed by atoms with van der Waals surface area (Å²) in [5.74, 6) is 0.277. The van der Waals surface area contributed by atoms with E-state index in [1.54, 1.807) is 0 Å². The monoisotopic (exact) mass is 249 g/mol. The average Bonchev–Trinajstić information content (AvgIpc) is 2.87. The third kappa shape index (κ3) is 3.19. The highest BCUT2D eigenvalue weighted by atomic mass is 16.1. The molecule has 1 aromatic rings. The van der Waals surface area contributed by atoms with Crippen LogP contribution in [0.2, 0.25) is 0 Å². The molecule has 18 heavy (non-hydrogen) atoms. The van der Waals surface area contributed by atoms with Crippen molar-refractivity contribution in [2.24, 2.45) is 5.92 Å². The molecule has 0 aromatic carbocycles. The van der Waals surface area contributed by atoms with Crippen LogP contribution < -0.4 is 0 Å². The van der Waals surface area contributed by atoms with Gasteiger partial charge in [0.25, 0.3) is 0 Å². The number of aldehydes is 1. The van der Waals surface area contributed by atoms with Crippen molar-refractivity contribution in [2.75, 3.05) is 13.1 Å². The quantitative estimate of drug-likeness (QED) is 0.751. The van der Waals surface area contributed by atoms with Crippen molar-refractivity contribution in [1.29, 1.82) is 0 Å². The lowest BCUT2D eigenvalue weighted by Gasteiger charge is -2.28. The zero-order chi connectivity index (χ0) is 13.0. The van der Waals surface area contributed by atoms with Crippen molar-refractivity contribution in [3.8, 4) is 0 Å². The number of aromatic nitrogens is 2. The first-order valence-electron chi connectivity index (χ1n) is 6.94. The number of carbonyl (C=O) groups is 1. The first-order valence-corrected chi connectivity index (χ1v) is 6.94. The van der Waals surface area contributed by atoms with E-state index in [-0.39, 0.29) is 5.92 Å². The summed E-state index contributed by atoms with van der Waals surface area (Å²) in [6, 6.07) is 2.58. The number of hydrogen-bond acceptors (Lipinski definition) is 3. The van der Waals surface area contributed by atoms with Gasteiger partial charge in [-0.15, -0.1) is 0 Å². The Balaban J connectivity index is 1.86. The van der Waals surface area contributed by atoms with Crippen molar-refractivity contribution in [3.63, 3.8) is 0 Å². The van der Waals surface area contributed by atoms with Gasteiger partial charge in [-0.05, 0) is 45.3 Å². The highest BCUT2D eigenvalue weighted by Crippen LogP contribution is 2.17. The molecule has 1 aliphatic rings. The van der Waals surface area contributed by atoms with Crippen molar-refractivity contribution < 1.29 is 4.79 Å². The summed E-state index contributed by atoms with van der Waals surface area (Å²) >= 11 is 0. The summed E-state index contributed by atoms with van der Waals surface area (Å²) in [6.45, 7) is 7.30. The third-order valence-electron chi connectivity index (χ3n) is 3.92. The Morgan fingerprint density at radius 1 is 1.50 bits per heavy atom. The maximum Gasteiger partial charge on any atom is 0.123 e. The van der Waals surface area contributed by atoms with Crippen LogP contribution in [-0.4, -0.2) is 34.1 Å². The van der Waals surface area contributed by atoms with Crippen LogP contribution in [-0.2, 0) is 11.3 Å².